The molecule has 174 valence electrons. The van der Waals surface area contributed by atoms with Crippen molar-refractivity contribution in [1.29, 1.82) is 0 Å². The van der Waals surface area contributed by atoms with Gasteiger partial charge in [0.25, 0.3) is 0 Å². The van der Waals surface area contributed by atoms with Crippen LogP contribution in [0.5, 0.6) is 0 Å². The van der Waals surface area contributed by atoms with Gasteiger partial charge in [0.05, 0.1) is 0 Å². The summed E-state index contributed by atoms with van der Waals surface area (Å²) in [7, 11) is 0. The third-order valence-electron chi connectivity index (χ3n) is 3.27. The fourth-order valence-electron chi connectivity index (χ4n) is 1.81. The van der Waals surface area contributed by atoms with Gasteiger partial charge < -0.3 is 9.59 Å². The van der Waals surface area contributed by atoms with Crippen LogP contribution in [0.1, 0.15) is 11.1 Å². The molecule has 2 aromatic rings. The van der Waals surface area contributed by atoms with Crippen LogP contribution in [0.3, 0.4) is 0 Å². The van der Waals surface area contributed by atoms with E-state index in [-0.39, 0.29) is 24.0 Å². The summed E-state index contributed by atoms with van der Waals surface area (Å²) in [6.07, 6.45) is -9.14. The van der Waals surface area contributed by atoms with Crippen LogP contribution >= 0.6 is 0 Å². The predicted molar refractivity (Wildman–Crippen MR) is 101 cm³/mol. The van der Waals surface area contributed by atoms with E-state index in [0.717, 1.165) is 0 Å². The molecule has 13 heteroatoms. The molecule has 0 unspecified atom stereocenters. The number of alkyl halides is 6. The Labute approximate surface area is 197 Å². The van der Waals surface area contributed by atoms with Crippen LogP contribution in [0.2, 0.25) is 0 Å². The van der Waals surface area contributed by atoms with Crippen molar-refractivity contribution in [3.63, 3.8) is 0 Å². The van der Waals surface area contributed by atoms with E-state index >= 15 is 0 Å². The van der Waals surface area contributed by atoms with Gasteiger partial charge in [-0.1, -0.05) is 47.5 Å². The Morgan fingerprint density at radius 2 is 0.848 bits per heavy atom. The normalized spacial score (nSPS) is 10.1. The Balaban J connectivity index is 0.000000555. The quantitative estimate of drug-likeness (QED) is 0.150. The summed E-state index contributed by atoms with van der Waals surface area (Å²) in [5.74, 6) is -4.93. The monoisotopic (exact) mass is 704 g/mol. The molecule has 0 aromatic heterocycles. The van der Waals surface area contributed by atoms with Crippen LogP contribution in [0, 0.1) is 40.7 Å². The maximum absolute atomic E-state index is 11.9. The molecule has 0 spiro atoms. The molecule has 0 bridgehead atoms. The van der Waals surface area contributed by atoms with Crippen molar-refractivity contribution in [1.82, 2.24) is 0 Å². The standard InChI is InChI=1S/2C10H6F3O2.2O.U/c2*11-10(12,13)9(15)6-8(14)7-4-2-1-3-5-7;;;/h2*1-6H;;;/q2*-1;;;+2/p+4. The first kappa shape index (κ1) is 30.1. The molecule has 0 aliphatic carbocycles. The van der Waals surface area contributed by atoms with Crippen molar-refractivity contribution < 1.29 is 77.8 Å². The molecule has 0 saturated carbocycles. The number of hydrogen-bond acceptors (Lipinski definition) is 2. The molecule has 6 nitrogen and oxygen atoms in total. The number of benzene rings is 2. The maximum atomic E-state index is 11.9. The molecule has 0 radical (unpaired) electrons. The van der Waals surface area contributed by atoms with Gasteiger partial charge in [0, 0.05) is 12.8 Å². The van der Waals surface area contributed by atoms with Crippen LogP contribution in [-0.4, -0.2) is 54.7 Å². The van der Waals surface area contributed by atoms with Crippen molar-refractivity contribution >= 4 is 23.1 Å². The molecule has 2 aromatic carbocycles. The van der Waals surface area contributed by atoms with Crippen molar-refractivity contribution in [3.05, 3.63) is 84.6 Å². The molecule has 0 saturated heterocycles. The van der Waals surface area contributed by atoms with E-state index in [9.17, 15) is 35.9 Å². The summed E-state index contributed by atoms with van der Waals surface area (Å²) in [6, 6.07) is 15.3. The van der Waals surface area contributed by atoms with Gasteiger partial charge in [-0.05, 0) is 0 Å². The Kier molecular flexibility index (Phi) is 13.0. The first-order valence-electron chi connectivity index (χ1n) is 8.41. The van der Waals surface area contributed by atoms with Gasteiger partial charge >= 0.3 is 56.2 Å². The number of rotatable bonds is 6. The van der Waals surface area contributed by atoms with Gasteiger partial charge in [-0.15, -0.1) is 24.3 Å². The van der Waals surface area contributed by atoms with Crippen LogP contribution in [0.4, 0.5) is 26.3 Å². The second-order valence-corrected chi connectivity index (χ2v) is 6.33. The second kappa shape index (κ2) is 14.3. The van der Waals surface area contributed by atoms with Gasteiger partial charge in [-0.3, -0.25) is 9.59 Å². The minimum atomic E-state index is -4.84. The number of halogens is 6. The number of ketones is 4. The molecular formula is C20H16F6O6U+4. The Hall–Kier alpha value is -2.91. The van der Waals surface area contributed by atoms with Crippen molar-refractivity contribution in [3.8, 4) is 0 Å². The zero-order chi connectivity index (χ0) is 25.7. The Morgan fingerprint density at radius 3 is 1.06 bits per heavy atom. The van der Waals surface area contributed by atoms with Crippen LogP contribution in [0.25, 0.3) is 0 Å². The van der Waals surface area contributed by atoms with Crippen molar-refractivity contribution in [2.75, 3.05) is 0 Å². The zero-order valence-electron chi connectivity index (χ0n) is 16.3. The fourth-order valence-corrected chi connectivity index (χ4v) is 1.81. The summed E-state index contributed by atoms with van der Waals surface area (Å²) in [5, 5.41) is 0. The summed E-state index contributed by atoms with van der Waals surface area (Å²) in [4.78, 5) is 35.6. The molecule has 2 rings (SSSR count). The number of hydrogen-bond donors (Lipinski definition) is 0. The van der Waals surface area contributed by atoms with Gasteiger partial charge in [0.1, 0.15) is 0 Å². The second-order valence-electron chi connectivity index (χ2n) is 5.64. The molecule has 33 heavy (non-hydrogen) atoms. The average Bonchev–Trinajstić information content (AvgIpc) is 2.74. The van der Waals surface area contributed by atoms with E-state index in [0.29, 0.717) is 0 Å². The SMILES string of the molecule is [OH+]=C([CH-]C(=[OH+])C(F)(F)F)c1ccccc1.[OH+]=C([CH-]C(=[OH+])C(F)(F)F)c1ccccc1.[O]=[U+2]=[O]. The van der Waals surface area contributed by atoms with E-state index in [4.69, 9.17) is 14.1 Å². The van der Waals surface area contributed by atoms with E-state index in [1.54, 1.807) is 36.4 Å². The average molecular weight is 704 g/mol. The molecule has 0 heterocycles. The van der Waals surface area contributed by atoms with Crippen LogP contribution in [-0.2, 0) is 4.47 Å². The molecule has 4 N–H and O–H groups in total. The van der Waals surface area contributed by atoms with Crippen LogP contribution in [0.15, 0.2) is 60.7 Å². The predicted octanol–water partition coefficient (Wildman–Crippen LogP) is 3.54. The Bertz CT molecular complexity index is 906. The van der Waals surface area contributed by atoms with Gasteiger partial charge in [-0.25, -0.2) is 0 Å². The third kappa shape index (κ3) is 12.6. The number of carbonyl (C=O) groups excluding carboxylic acids is 4. The summed E-state index contributed by atoms with van der Waals surface area (Å²) < 4.78 is 88.5. The van der Waals surface area contributed by atoms with E-state index in [1.165, 1.54) is 24.3 Å². The molecule has 0 amide bonds. The van der Waals surface area contributed by atoms with Crippen molar-refractivity contribution in [2.24, 2.45) is 0 Å². The first-order valence-corrected chi connectivity index (χ1v) is 11.8. The summed E-state index contributed by atoms with van der Waals surface area (Å²) in [6.45, 7) is 0. The van der Waals surface area contributed by atoms with Gasteiger partial charge in [0.15, 0.2) is 0 Å². The van der Waals surface area contributed by atoms with E-state index in [2.05, 4.69) is 0 Å². The van der Waals surface area contributed by atoms with Crippen LogP contribution < -0.4 is 0 Å². The first-order chi connectivity index (χ1) is 15.2. The molecule has 0 aliphatic rings. The van der Waals surface area contributed by atoms with Crippen molar-refractivity contribution in [2.45, 2.75) is 12.4 Å². The summed E-state index contributed by atoms with van der Waals surface area (Å²) >= 11 is -2.51. The molecular weight excluding hydrogens is 688 g/mol. The van der Waals surface area contributed by atoms with E-state index in [1.807, 2.05) is 0 Å². The van der Waals surface area contributed by atoms with E-state index < -0.39 is 63.3 Å². The minimum absolute atomic E-state index is 0.202. The third-order valence-corrected chi connectivity index (χ3v) is 3.27. The molecule has 0 atom stereocenters. The topological polar surface area (TPSA) is 120 Å². The van der Waals surface area contributed by atoms with Gasteiger partial charge in [-0.2, -0.15) is 26.3 Å². The van der Waals surface area contributed by atoms with Gasteiger partial charge in [0.2, 0.25) is 11.6 Å². The Morgan fingerprint density at radius 1 is 0.606 bits per heavy atom. The molecule has 0 fully saturated rings. The summed E-state index contributed by atoms with van der Waals surface area (Å²) in [5.41, 5.74) is 0.404. The fraction of sp³-hybridized carbons (Fsp3) is 0.100. The molecule has 0 aliphatic heterocycles. The zero-order valence-corrected chi connectivity index (χ0v) is 20.5.